The van der Waals surface area contributed by atoms with Crippen molar-refractivity contribution in [2.24, 2.45) is 5.92 Å². The molecule has 0 unspecified atom stereocenters. The maximum absolute atomic E-state index is 11.5. The van der Waals surface area contributed by atoms with Crippen LogP contribution in [0.2, 0.25) is 0 Å². The third kappa shape index (κ3) is 4.08. The number of amides is 1. The van der Waals surface area contributed by atoms with Crippen LogP contribution >= 0.6 is 0 Å². The Balaban J connectivity index is 2.31. The molecule has 0 radical (unpaired) electrons. The molecule has 1 aliphatic heterocycles. The van der Waals surface area contributed by atoms with Crippen LogP contribution < -0.4 is 0 Å². The van der Waals surface area contributed by atoms with Crippen LogP contribution in [0.15, 0.2) is 0 Å². The van der Waals surface area contributed by atoms with E-state index >= 15 is 0 Å². The molecule has 0 aromatic carbocycles. The fourth-order valence-electron chi connectivity index (χ4n) is 1.84. The summed E-state index contributed by atoms with van der Waals surface area (Å²) >= 11 is 0. The highest BCUT2D eigenvalue weighted by Crippen LogP contribution is 2.20. The van der Waals surface area contributed by atoms with E-state index in [2.05, 4.69) is 0 Å². The van der Waals surface area contributed by atoms with Gasteiger partial charge in [-0.25, -0.2) is 4.79 Å². The van der Waals surface area contributed by atoms with Gasteiger partial charge in [0.05, 0.1) is 6.10 Å². The Morgan fingerprint density at radius 3 is 2.38 bits per heavy atom. The summed E-state index contributed by atoms with van der Waals surface area (Å²) in [4.78, 5) is 23.7. The molecule has 0 saturated carbocycles. The van der Waals surface area contributed by atoms with Crippen LogP contribution in [0.3, 0.4) is 0 Å². The molecule has 1 saturated heterocycles. The lowest BCUT2D eigenvalue weighted by Gasteiger charge is -2.31. The number of rotatable bonds is 3. The van der Waals surface area contributed by atoms with Crippen LogP contribution in [0.4, 0.5) is 4.79 Å². The molecule has 0 bridgehead atoms. The standard InChI is InChI=1S/C11H19NO4/c1-8(2)16-11(15)12-5-3-9(4-6-12)7-10(13)14/h8-9H,3-7H2,1-2H3,(H,13,14). The number of aliphatic carboxylic acids is 1. The normalized spacial score (nSPS) is 17.6. The largest absolute Gasteiger partial charge is 0.481 e. The van der Waals surface area contributed by atoms with Gasteiger partial charge in [-0.2, -0.15) is 0 Å². The maximum Gasteiger partial charge on any atom is 0.410 e. The summed E-state index contributed by atoms with van der Waals surface area (Å²) < 4.78 is 5.08. The molecule has 0 aromatic heterocycles. The summed E-state index contributed by atoms with van der Waals surface area (Å²) in [6, 6.07) is 0. The monoisotopic (exact) mass is 229 g/mol. The molecule has 5 nitrogen and oxygen atoms in total. The first-order valence-corrected chi connectivity index (χ1v) is 5.66. The molecule has 0 aromatic rings. The molecule has 16 heavy (non-hydrogen) atoms. The van der Waals surface area contributed by atoms with Gasteiger partial charge in [0.15, 0.2) is 0 Å². The third-order valence-electron chi connectivity index (χ3n) is 2.67. The van der Waals surface area contributed by atoms with Gasteiger partial charge in [-0.3, -0.25) is 4.79 Å². The molecule has 1 rings (SSSR count). The lowest BCUT2D eigenvalue weighted by atomic mass is 9.94. The highest BCUT2D eigenvalue weighted by atomic mass is 16.6. The van der Waals surface area contributed by atoms with Gasteiger partial charge in [-0.15, -0.1) is 0 Å². The molecule has 0 spiro atoms. The van der Waals surface area contributed by atoms with Gasteiger partial charge < -0.3 is 14.7 Å². The molecular formula is C11H19NO4. The third-order valence-corrected chi connectivity index (χ3v) is 2.67. The molecule has 1 aliphatic rings. The number of carboxylic acid groups (broad SMARTS) is 1. The Bertz CT molecular complexity index is 257. The van der Waals surface area contributed by atoms with Gasteiger partial charge in [0.1, 0.15) is 0 Å². The first-order chi connectivity index (χ1) is 7.49. The van der Waals surface area contributed by atoms with E-state index in [0.29, 0.717) is 13.1 Å². The van der Waals surface area contributed by atoms with Gasteiger partial charge in [-0.05, 0) is 32.6 Å². The van der Waals surface area contributed by atoms with Crippen molar-refractivity contribution in [3.63, 3.8) is 0 Å². The quantitative estimate of drug-likeness (QED) is 0.800. The van der Waals surface area contributed by atoms with E-state index in [-0.39, 0.29) is 24.5 Å². The van der Waals surface area contributed by atoms with Crippen LogP contribution in [-0.2, 0) is 9.53 Å². The Morgan fingerprint density at radius 2 is 1.94 bits per heavy atom. The fraction of sp³-hybridized carbons (Fsp3) is 0.818. The molecular weight excluding hydrogens is 210 g/mol. The van der Waals surface area contributed by atoms with E-state index < -0.39 is 5.97 Å². The highest BCUT2D eigenvalue weighted by molar-refractivity contribution is 5.68. The first-order valence-electron chi connectivity index (χ1n) is 5.66. The van der Waals surface area contributed by atoms with Gasteiger partial charge in [0.25, 0.3) is 0 Å². The minimum Gasteiger partial charge on any atom is -0.481 e. The molecule has 1 amide bonds. The minimum atomic E-state index is -0.761. The molecule has 0 aliphatic carbocycles. The Hall–Kier alpha value is -1.26. The average molecular weight is 229 g/mol. The van der Waals surface area contributed by atoms with Gasteiger partial charge in [0.2, 0.25) is 0 Å². The Morgan fingerprint density at radius 1 is 1.38 bits per heavy atom. The Kier molecular flexibility index (Phi) is 4.58. The van der Waals surface area contributed by atoms with E-state index in [1.165, 1.54) is 0 Å². The molecule has 5 heteroatoms. The predicted molar refractivity (Wildman–Crippen MR) is 58.2 cm³/mol. The zero-order valence-electron chi connectivity index (χ0n) is 9.81. The number of carbonyl (C=O) groups is 2. The second-order valence-electron chi connectivity index (χ2n) is 4.46. The first kappa shape index (κ1) is 12.8. The Labute approximate surface area is 95.4 Å². The summed E-state index contributed by atoms with van der Waals surface area (Å²) in [7, 11) is 0. The fourth-order valence-corrected chi connectivity index (χ4v) is 1.84. The van der Waals surface area contributed by atoms with Crippen molar-refractivity contribution < 1.29 is 19.4 Å². The summed E-state index contributed by atoms with van der Waals surface area (Å²) in [6.07, 6.45) is 1.31. The number of hydrogen-bond acceptors (Lipinski definition) is 3. The number of carboxylic acids is 1. The van der Waals surface area contributed by atoms with E-state index in [1.807, 2.05) is 13.8 Å². The number of piperidine rings is 1. The van der Waals surface area contributed by atoms with Crippen LogP contribution in [-0.4, -0.2) is 41.3 Å². The summed E-state index contributed by atoms with van der Waals surface area (Å²) in [5, 5.41) is 8.65. The molecule has 1 fully saturated rings. The van der Waals surface area contributed by atoms with Crippen molar-refractivity contribution in [1.29, 1.82) is 0 Å². The summed E-state index contributed by atoms with van der Waals surface area (Å²) in [5.41, 5.74) is 0. The van der Waals surface area contributed by atoms with E-state index in [9.17, 15) is 9.59 Å². The van der Waals surface area contributed by atoms with Crippen molar-refractivity contribution in [1.82, 2.24) is 4.90 Å². The molecule has 0 atom stereocenters. The summed E-state index contributed by atoms with van der Waals surface area (Å²) in [5.74, 6) is -0.566. The number of likely N-dealkylation sites (tertiary alicyclic amines) is 1. The van der Waals surface area contributed by atoms with Crippen molar-refractivity contribution in [2.45, 2.75) is 39.2 Å². The van der Waals surface area contributed by atoms with Crippen LogP contribution in [0, 0.1) is 5.92 Å². The van der Waals surface area contributed by atoms with Gasteiger partial charge in [0, 0.05) is 19.5 Å². The summed E-state index contributed by atoms with van der Waals surface area (Å²) in [6.45, 7) is 4.83. The second-order valence-corrected chi connectivity index (χ2v) is 4.46. The average Bonchev–Trinajstić information content (AvgIpc) is 2.16. The number of carbonyl (C=O) groups excluding carboxylic acids is 1. The van der Waals surface area contributed by atoms with E-state index in [0.717, 1.165) is 12.8 Å². The lowest BCUT2D eigenvalue weighted by Crippen LogP contribution is -2.40. The van der Waals surface area contributed by atoms with Crippen molar-refractivity contribution >= 4 is 12.1 Å². The lowest BCUT2D eigenvalue weighted by molar-refractivity contribution is -0.138. The molecule has 1 N–H and O–H groups in total. The van der Waals surface area contributed by atoms with Crippen molar-refractivity contribution in [3.8, 4) is 0 Å². The van der Waals surface area contributed by atoms with Crippen molar-refractivity contribution in [3.05, 3.63) is 0 Å². The van der Waals surface area contributed by atoms with Gasteiger partial charge >= 0.3 is 12.1 Å². The zero-order chi connectivity index (χ0) is 12.1. The smallest absolute Gasteiger partial charge is 0.410 e. The minimum absolute atomic E-state index is 0.107. The number of hydrogen-bond donors (Lipinski definition) is 1. The van der Waals surface area contributed by atoms with Crippen LogP contribution in [0.5, 0.6) is 0 Å². The van der Waals surface area contributed by atoms with E-state index in [4.69, 9.17) is 9.84 Å². The topological polar surface area (TPSA) is 66.8 Å². The van der Waals surface area contributed by atoms with E-state index in [1.54, 1.807) is 4.90 Å². The molecule has 92 valence electrons. The molecule has 1 heterocycles. The number of ether oxygens (including phenoxy) is 1. The zero-order valence-corrected chi connectivity index (χ0v) is 9.81. The van der Waals surface area contributed by atoms with Crippen LogP contribution in [0.1, 0.15) is 33.1 Å². The highest BCUT2D eigenvalue weighted by Gasteiger charge is 2.25. The maximum atomic E-state index is 11.5. The van der Waals surface area contributed by atoms with Crippen LogP contribution in [0.25, 0.3) is 0 Å². The number of nitrogens with zero attached hydrogens (tertiary/aromatic N) is 1. The SMILES string of the molecule is CC(C)OC(=O)N1CCC(CC(=O)O)CC1. The second kappa shape index (κ2) is 5.72. The van der Waals surface area contributed by atoms with Crippen molar-refractivity contribution in [2.75, 3.05) is 13.1 Å². The van der Waals surface area contributed by atoms with Gasteiger partial charge in [-0.1, -0.05) is 0 Å². The predicted octanol–water partition coefficient (Wildman–Crippen LogP) is 1.72.